The maximum absolute atomic E-state index is 10.1. The Hall–Kier alpha value is -0.0400. The zero-order chi connectivity index (χ0) is 8.11. The average molecular weight is 154 g/mol. The lowest BCUT2D eigenvalue weighted by atomic mass is 9.73. The Balaban J connectivity index is 2.21. The van der Waals surface area contributed by atoms with Crippen LogP contribution in [0.1, 0.15) is 46.0 Å². The van der Waals surface area contributed by atoms with Crippen LogP contribution in [0.5, 0.6) is 0 Å². The second kappa shape index (κ2) is 2.01. The Morgan fingerprint density at radius 2 is 1.82 bits per heavy atom. The minimum Gasteiger partial charge on any atom is -0.390 e. The van der Waals surface area contributed by atoms with Gasteiger partial charge in [-0.05, 0) is 50.4 Å². The molecule has 0 saturated heterocycles. The summed E-state index contributed by atoms with van der Waals surface area (Å²) in [6, 6.07) is 0. The molecule has 1 N–H and O–H groups in total. The normalized spacial score (nSPS) is 51.5. The topological polar surface area (TPSA) is 20.2 Å². The van der Waals surface area contributed by atoms with Crippen LogP contribution in [-0.2, 0) is 0 Å². The number of aliphatic hydroxyl groups is 1. The molecule has 0 aromatic carbocycles. The Kier molecular flexibility index (Phi) is 1.39. The molecule has 2 atom stereocenters. The molecule has 1 nitrogen and oxygen atoms in total. The van der Waals surface area contributed by atoms with Crippen LogP contribution in [0.25, 0.3) is 0 Å². The van der Waals surface area contributed by atoms with Crippen LogP contribution in [0.4, 0.5) is 0 Å². The van der Waals surface area contributed by atoms with Gasteiger partial charge in [0.05, 0.1) is 5.60 Å². The standard InChI is InChI=1S/C10H18O/c1-9(8-4-5-8)6-3-7-10(9,2)11/h8,11H,3-7H2,1-2H3. The lowest BCUT2D eigenvalue weighted by Gasteiger charge is -2.37. The van der Waals surface area contributed by atoms with Gasteiger partial charge in [-0.25, -0.2) is 0 Å². The van der Waals surface area contributed by atoms with Crippen molar-refractivity contribution in [2.75, 3.05) is 0 Å². The first-order valence-electron chi connectivity index (χ1n) is 4.79. The molecule has 2 unspecified atom stereocenters. The third-order valence-corrected chi connectivity index (χ3v) is 4.07. The van der Waals surface area contributed by atoms with Gasteiger partial charge in [0, 0.05) is 0 Å². The van der Waals surface area contributed by atoms with E-state index < -0.39 is 0 Å². The second-order valence-electron chi connectivity index (χ2n) is 4.82. The molecule has 2 rings (SSSR count). The summed E-state index contributed by atoms with van der Waals surface area (Å²) in [5.74, 6) is 0.833. The third kappa shape index (κ3) is 0.936. The van der Waals surface area contributed by atoms with E-state index in [-0.39, 0.29) is 11.0 Å². The van der Waals surface area contributed by atoms with Gasteiger partial charge in [0.1, 0.15) is 0 Å². The molecule has 0 amide bonds. The summed E-state index contributed by atoms with van der Waals surface area (Å²) in [5.41, 5.74) is -0.110. The molecule has 2 aliphatic rings. The van der Waals surface area contributed by atoms with Gasteiger partial charge in [-0.1, -0.05) is 6.92 Å². The molecule has 0 radical (unpaired) electrons. The van der Waals surface area contributed by atoms with Crippen molar-refractivity contribution in [3.05, 3.63) is 0 Å². The number of hydrogen-bond donors (Lipinski definition) is 1. The second-order valence-corrected chi connectivity index (χ2v) is 4.82. The van der Waals surface area contributed by atoms with Crippen molar-refractivity contribution < 1.29 is 5.11 Å². The minimum atomic E-state index is -0.367. The summed E-state index contributed by atoms with van der Waals surface area (Å²) in [6.45, 7) is 4.30. The summed E-state index contributed by atoms with van der Waals surface area (Å²) in [5, 5.41) is 10.1. The molecule has 64 valence electrons. The van der Waals surface area contributed by atoms with E-state index >= 15 is 0 Å². The molecule has 0 aromatic rings. The monoisotopic (exact) mass is 154 g/mol. The predicted octanol–water partition coefficient (Wildman–Crippen LogP) is 2.34. The van der Waals surface area contributed by atoms with Gasteiger partial charge in [0.25, 0.3) is 0 Å². The van der Waals surface area contributed by atoms with Gasteiger partial charge in [0.2, 0.25) is 0 Å². The van der Waals surface area contributed by atoms with Crippen LogP contribution in [0.2, 0.25) is 0 Å². The smallest absolute Gasteiger partial charge is 0.0675 e. The average Bonchev–Trinajstić information content (AvgIpc) is 2.64. The van der Waals surface area contributed by atoms with Gasteiger partial charge in [-0.15, -0.1) is 0 Å². The molecule has 0 heterocycles. The van der Waals surface area contributed by atoms with Gasteiger partial charge < -0.3 is 5.11 Å². The van der Waals surface area contributed by atoms with E-state index in [1.165, 1.54) is 25.7 Å². The first-order valence-corrected chi connectivity index (χ1v) is 4.79. The molecule has 2 saturated carbocycles. The molecule has 2 aliphatic carbocycles. The molecule has 0 spiro atoms. The molecule has 0 bridgehead atoms. The lowest BCUT2D eigenvalue weighted by molar-refractivity contribution is -0.0480. The van der Waals surface area contributed by atoms with E-state index in [0.29, 0.717) is 0 Å². The summed E-state index contributed by atoms with van der Waals surface area (Å²) < 4.78 is 0. The Labute approximate surface area is 68.8 Å². The first-order chi connectivity index (χ1) is 5.06. The van der Waals surface area contributed by atoms with Crippen LogP contribution < -0.4 is 0 Å². The minimum absolute atomic E-state index is 0.257. The molecule has 11 heavy (non-hydrogen) atoms. The highest BCUT2D eigenvalue weighted by Crippen LogP contribution is 2.58. The van der Waals surface area contributed by atoms with E-state index in [1.807, 2.05) is 6.92 Å². The first kappa shape index (κ1) is 7.60. The van der Waals surface area contributed by atoms with Crippen molar-refractivity contribution >= 4 is 0 Å². The molecule has 2 fully saturated rings. The number of rotatable bonds is 1. The van der Waals surface area contributed by atoms with Gasteiger partial charge in [-0.3, -0.25) is 0 Å². The molecule has 0 aliphatic heterocycles. The summed E-state index contributed by atoms with van der Waals surface area (Å²) in [4.78, 5) is 0. The van der Waals surface area contributed by atoms with Crippen molar-refractivity contribution in [1.82, 2.24) is 0 Å². The van der Waals surface area contributed by atoms with Crippen LogP contribution in [0, 0.1) is 11.3 Å². The highest BCUT2D eigenvalue weighted by Gasteiger charge is 2.55. The van der Waals surface area contributed by atoms with Crippen LogP contribution >= 0.6 is 0 Å². The fourth-order valence-electron chi connectivity index (χ4n) is 2.72. The SMILES string of the molecule is CC1(O)CCCC1(C)C1CC1. The quantitative estimate of drug-likeness (QED) is 0.614. The maximum atomic E-state index is 10.1. The van der Waals surface area contributed by atoms with E-state index in [4.69, 9.17) is 0 Å². The molecule has 0 aromatic heterocycles. The zero-order valence-electron chi connectivity index (χ0n) is 7.56. The Bertz CT molecular complexity index is 170. The van der Waals surface area contributed by atoms with Gasteiger partial charge in [0.15, 0.2) is 0 Å². The van der Waals surface area contributed by atoms with Gasteiger partial charge >= 0.3 is 0 Å². The van der Waals surface area contributed by atoms with Gasteiger partial charge in [-0.2, -0.15) is 0 Å². The van der Waals surface area contributed by atoms with Crippen molar-refractivity contribution in [2.24, 2.45) is 11.3 Å². The van der Waals surface area contributed by atoms with Crippen molar-refractivity contribution in [3.63, 3.8) is 0 Å². The lowest BCUT2D eigenvalue weighted by Crippen LogP contribution is -2.40. The van der Waals surface area contributed by atoms with E-state index in [2.05, 4.69) is 6.92 Å². The Morgan fingerprint density at radius 3 is 2.18 bits per heavy atom. The van der Waals surface area contributed by atoms with Crippen molar-refractivity contribution in [3.8, 4) is 0 Å². The fourth-order valence-corrected chi connectivity index (χ4v) is 2.72. The third-order valence-electron chi connectivity index (χ3n) is 4.07. The molecular weight excluding hydrogens is 136 g/mol. The maximum Gasteiger partial charge on any atom is 0.0675 e. The van der Waals surface area contributed by atoms with Crippen LogP contribution in [0.15, 0.2) is 0 Å². The van der Waals surface area contributed by atoms with Crippen molar-refractivity contribution in [2.45, 2.75) is 51.6 Å². The summed E-state index contributed by atoms with van der Waals surface area (Å²) in [6.07, 6.45) is 6.18. The van der Waals surface area contributed by atoms with Crippen LogP contribution in [-0.4, -0.2) is 10.7 Å². The molecule has 1 heteroatoms. The highest BCUT2D eigenvalue weighted by atomic mass is 16.3. The van der Waals surface area contributed by atoms with E-state index in [9.17, 15) is 5.11 Å². The van der Waals surface area contributed by atoms with Crippen LogP contribution in [0.3, 0.4) is 0 Å². The highest BCUT2D eigenvalue weighted by molar-refractivity contribution is 5.05. The summed E-state index contributed by atoms with van der Waals surface area (Å²) in [7, 11) is 0. The van der Waals surface area contributed by atoms with E-state index in [1.54, 1.807) is 0 Å². The predicted molar refractivity (Wildman–Crippen MR) is 45.3 cm³/mol. The fraction of sp³-hybridized carbons (Fsp3) is 1.00. The van der Waals surface area contributed by atoms with E-state index in [0.717, 1.165) is 12.3 Å². The zero-order valence-corrected chi connectivity index (χ0v) is 7.56. The summed E-state index contributed by atoms with van der Waals surface area (Å²) >= 11 is 0. The number of hydrogen-bond acceptors (Lipinski definition) is 1. The molecular formula is C10H18O. The van der Waals surface area contributed by atoms with Crippen molar-refractivity contribution in [1.29, 1.82) is 0 Å². The largest absolute Gasteiger partial charge is 0.390 e. The Morgan fingerprint density at radius 1 is 1.18 bits per heavy atom.